The molecule has 0 saturated heterocycles. The van der Waals surface area contributed by atoms with Gasteiger partial charge in [0.05, 0.1) is 21.3 Å². The minimum absolute atomic E-state index is 0.312. The smallest absolute Gasteiger partial charge is 0.220 e. The highest BCUT2D eigenvalue weighted by Gasteiger charge is 2.27. The monoisotopic (exact) mass is 508 g/mol. The van der Waals surface area contributed by atoms with Crippen LogP contribution in [-0.2, 0) is 0 Å². The van der Waals surface area contributed by atoms with Gasteiger partial charge in [-0.05, 0) is 48.9 Å². The van der Waals surface area contributed by atoms with Crippen molar-refractivity contribution in [2.45, 2.75) is 17.3 Å². The SMILES string of the molecule is COc1ccc(-n2c(C)nnc2S[C@H](C[N+](=O)[O-])c2cc(OC)c(OC)cc2Br)cc1. The Balaban J connectivity index is 2.02. The van der Waals surface area contributed by atoms with Crippen molar-refractivity contribution in [2.75, 3.05) is 27.9 Å². The normalized spacial score (nSPS) is 11.8. The van der Waals surface area contributed by atoms with Crippen LogP contribution in [0.15, 0.2) is 46.0 Å². The first-order chi connectivity index (χ1) is 14.9. The molecule has 0 aliphatic rings. The molecule has 3 rings (SSSR count). The molecule has 11 heteroatoms. The highest BCUT2D eigenvalue weighted by Crippen LogP contribution is 2.43. The fraction of sp³-hybridized carbons (Fsp3) is 0.300. The van der Waals surface area contributed by atoms with Crippen LogP contribution < -0.4 is 14.2 Å². The lowest BCUT2D eigenvalue weighted by molar-refractivity contribution is -0.479. The van der Waals surface area contributed by atoms with Gasteiger partial charge in [0.2, 0.25) is 6.54 Å². The molecule has 0 fully saturated rings. The lowest BCUT2D eigenvalue weighted by Crippen LogP contribution is -2.12. The Labute approximate surface area is 192 Å². The van der Waals surface area contributed by atoms with E-state index in [1.165, 1.54) is 26.0 Å². The van der Waals surface area contributed by atoms with Crippen molar-refractivity contribution in [3.8, 4) is 22.9 Å². The number of nitro groups is 1. The van der Waals surface area contributed by atoms with Crippen molar-refractivity contribution in [2.24, 2.45) is 0 Å². The zero-order valence-corrected chi connectivity index (χ0v) is 19.8. The van der Waals surface area contributed by atoms with Gasteiger partial charge in [-0.15, -0.1) is 10.2 Å². The van der Waals surface area contributed by atoms with Crippen LogP contribution in [0.4, 0.5) is 0 Å². The summed E-state index contributed by atoms with van der Waals surface area (Å²) in [4.78, 5) is 11.1. The molecular weight excluding hydrogens is 488 g/mol. The van der Waals surface area contributed by atoms with Crippen LogP contribution >= 0.6 is 27.7 Å². The van der Waals surface area contributed by atoms with E-state index in [9.17, 15) is 10.1 Å². The van der Waals surface area contributed by atoms with Crippen LogP contribution in [0.3, 0.4) is 0 Å². The van der Waals surface area contributed by atoms with Crippen molar-refractivity contribution in [3.63, 3.8) is 0 Å². The molecule has 0 aliphatic heterocycles. The molecule has 0 saturated carbocycles. The zero-order valence-electron chi connectivity index (χ0n) is 17.4. The second-order valence-electron chi connectivity index (χ2n) is 6.41. The van der Waals surface area contributed by atoms with E-state index in [0.29, 0.717) is 32.5 Å². The molecule has 0 N–H and O–H groups in total. The topological polar surface area (TPSA) is 102 Å². The van der Waals surface area contributed by atoms with Gasteiger partial charge in [-0.2, -0.15) is 0 Å². The highest BCUT2D eigenvalue weighted by molar-refractivity contribution is 9.10. The van der Waals surface area contributed by atoms with E-state index in [2.05, 4.69) is 26.1 Å². The third kappa shape index (κ3) is 5.10. The first-order valence-electron chi connectivity index (χ1n) is 9.14. The average Bonchev–Trinajstić information content (AvgIpc) is 3.12. The second-order valence-corrected chi connectivity index (χ2v) is 8.44. The molecule has 0 spiro atoms. The number of hydrogen-bond donors (Lipinski definition) is 0. The van der Waals surface area contributed by atoms with Gasteiger partial charge in [0.15, 0.2) is 16.7 Å². The summed E-state index contributed by atoms with van der Waals surface area (Å²) in [5.41, 5.74) is 1.53. The van der Waals surface area contributed by atoms with Gasteiger partial charge < -0.3 is 14.2 Å². The van der Waals surface area contributed by atoms with Gasteiger partial charge in [-0.25, -0.2) is 0 Å². The third-order valence-electron chi connectivity index (χ3n) is 4.54. The van der Waals surface area contributed by atoms with Crippen LogP contribution in [0.1, 0.15) is 16.6 Å². The number of thioether (sulfide) groups is 1. The minimum atomic E-state index is -0.551. The quantitative estimate of drug-likeness (QED) is 0.237. The van der Waals surface area contributed by atoms with E-state index in [4.69, 9.17) is 14.2 Å². The summed E-state index contributed by atoms with van der Waals surface area (Å²) in [6, 6.07) is 10.9. The number of ether oxygens (including phenoxy) is 3. The molecule has 3 aromatic rings. The predicted molar refractivity (Wildman–Crippen MR) is 120 cm³/mol. The van der Waals surface area contributed by atoms with Crippen molar-refractivity contribution in [1.82, 2.24) is 14.8 Å². The molecule has 0 aliphatic carbocycles. The fourth-order valence-corrected chi connectivity index (χ4v) is 4.98. The lowest BCUT2D eigenvalue weighted by atomic mass is 10.1. The first kappa shape index (κ1) is 22.9. The number of methoxy groups -OCH3 is 3. The number of aryl methyl sites for hydroxylation is 1. The number of nitrogens with zero attached hydrogens (tertiary/aromatic N) is 4. The van der Waals surface area contributed by atoms with E-state index >= 15 is 0 Å². The molecule has 1 aromatic heterocycles. The Hall–Kier alpha value is -2.79. The van der Waals surface area contributed by atoms with Gasteiger partial charge in [-0.3, -0.25) is 14.7 Å². The van der Waals surface area contributed by atoms with Gasteiger partial charge in [-0.1, -0.05) is 27.7 Å². The van der Waals surface area contributed by atoms with Crippen LogP contribution in [0, 0.1) is 17.0 Å². The number of aromatic nitrogens is 3. The van der Waals surface area contributed by atoms with Crippen molar-refractivity contribution in [1.29, 1.82) is 0 Å². The molecular formula is C20H21BrN4O5S. The maximum Gasteiger partial charge on any atom is 0.220 e. The van der Waals surface area contributed by atoms with Gasteiger partial charge in [0, 0.05) is 15.1 Å². The van der Waals surface area contributed by atoms with Gasteiger partial charge in [0.1, 0.15) is 16.8 Å². The fourth-order valence-electron chi connectivity index (χ4n) is 3.03. The van der Waals surface area contributed by atoms with Gasteiger partial charge >= 0.3 is 0 Å². The number of hydrogen-bond acceptors (Lipinski definition) is 8. The highest BCUT2D eigenvalue weighted by atomic mass is 79.9. The Morgan fingerprint density at radius 1 is 1.10 bits per heavy atom. The molecule has 9 nitrogen and oxygen atoms in total. The molecule has 0 unspecified atom stereocenters. The van der Waals surface area contributed by atoms with E-state index in [-0.39, 0.29) is 11.5 Å². The molecule has 2 aromatic carbocycles. The van der Waals surface area contributed by atoms with Crippen LogP contribution in [0.25, 0.3) is 5.69 Å². The van der Waals surface area contributed by atoms with Crippen LogP contribution in [-0.4, -0.2) is 47.6 Å². The summed E-state index contributed by atoms with van der Waals surface area (Å²) in [5, 5.41) is 19.9. The van der Waals surface area contributed by atoms with Gasteiger partial charge in [0.25, 0.3) is 0 Å². The standard InChI is InChI=1S/C20H21BrN4O5S/c1-12-22-23-20(25(12)13-5-7-14(28-2)8-6-13)31-19(11-24(26)27)15-9-17(29-3)18(30-4)10-16(15)21/h5-10,19H,11H2,1-4H3/t19-/m1/s1. The number of rotatable bonds is 9. The van der Waals surface area contributed by atoms with E-state index in [1.54, 1.807) is 19.2 Å². The van der Waals surface area contributed by atoms with E-state index in [1.807, 2.05) is 35.8 Å². The molecule has 31 heavy (non-hydrogen) atoms. The van der Waals surface area contributed by atoms with Crippen molar-refractivity contribution >= 4 is 27.7 Å². The van der Waals surface area contributed by atoms with Crippen LogP contribution in [0.5, 0.6) is 17.2 Å². The van der Waals surface area contributed by atoms with E-state index < -0.39 is 5.25 Å². The molecule has 1 atom stereocenters. The molecule has 0 amide bonds. The molecule has 1 heterocycles. The van der Waals surface area contributed by atoms with Crippen LogP contribution in [0.2, 0.25) is 0 Å². The predicted octanol–water partition coefficient (Wildman–Crippen LogP) is 4.47. The zero-order chi connectivity index (χ0) is 22.5. The second kappa shape index (κ2) is 10.0. The maximum atomic E-state index is 11.5. The van der Waals surface area contributed by atoms with Crippen molar-refractivity contribution < 1.29 is 19.1 Å². The number of halogens is 1. The summed E-state index contributed by atoms with van der Waals surface area (Å²) in [6.07, 6.45) is 0. The molecule has 0 radical (unpaired) electrons. The Morgan fingerprint density at radius 2 is 1.74 bits per heavy atom. The average molecular weight is 509 g/mol. The Kier molecular flexibility index (Phi) is 7.39. The summed E-state index contributed by atoms with van der Waals surface area (Å²) in [5.74, 6) is 2.41. The largest absolute Gasteiger partial charge is 0.497 e. The van der Waals surface area contributed by atoms with Crippen molar-refractivity contribution in [3.05, 3.63) is 62.4 Å². The Bertz CT molecular complexity index is 1070. The first-order valence-corrected chi connectivity index (χ1v) is 10.8. The Morgan fingerprint density at radius 3 is 2.32 bits per heavy atom. The summed E-state index contributed by atoms with van der Waals surface area (Å²) in [7, 11) is 4.66. The molecule has 0 bridgehead atoms. The summed E-state index contributed by atoms with van der Waals surface area (Å²) < 4.78 is 18.5. The summed E-state index contributed by atoms with van der Waals surface area (Å²) in [6.45, 7) is 1.52. The lowest BCUT2D eigenvalue weighted by Gasteiger charge is -2.18. The number of benzene rings is 2. The minimum Gasteiger partial charge on any atom is -0.497 e. The summed E-state index contributed by atoms with van der Waals surface area (Å²) >= 11 is 4.77. The molecule has 164 valence electrons. The third-order valence-corrected chi connectivity index (χ3v) is 6.39. The van der Waals surface area contributed by atoms with E-state index in [0.717, 1.165) is 11.4 Å². The maximum absolute atomic E-state index is 11.5.